The summed E-state index contributed by atoms with van der Waals surface area (Å²) in [7, 11) is 1.43. The summed E-state index contributed by atoms with van der Waals surface area (Å²) in [5.41, 5.74) is 10.2. The number of hydrogen-bond donors (Lipinski definition) is 3. The molecule has 0 radical (unpaired) electrons. The molecule has 0 bridgehead atoms. The fraction of sp³-hybridized carbons (Fsp3) is 0.167. The van der Waals surface area contributed by atoms with Gasteiger partial charge in [0.2, 0.25) is 11.0 Å². The Labute approximate surface area is 144 Å². The summed E-state index contributed by atoms with van der Waals surface area (Å²) < 4.78 is 5.64. The van der Waals surface area contributed by atoms with Gasteiger partial charge >= 0.3 is 0 Å². The number of ether oxygens (including phenoxy) is 1. The second-order valence-corrected chi connectivity index (χ2v) is 6.71. The summed E-state index contributed by atoms with van der Waals surface area (Å²) >= 11 is 8.19. The van der Waals surface area contributed by atoms with E-state index in [-0.39, 0.29) is 11.3 Å². The van der Waals surface area contributed by atoms with Crippen molar-refractivity contribution in [2.45, 2.75) is 4.34 Å². The van der Waals surface area contributed by atoms with Gasteiger partial charge in [-0.3, -0.25) is 20.4 Å². The largest absolute Gasteiger partial charge is 0.496 e. The molecule has 2 amide bonds. The van der Waals surface area contributed by atoms with Crippen LogP contribution in [0.4, 0.5) is 5.13 Å². The molecule has 0 saturated heterocycles. The number of methoxy groups -OCH3 is 1. The summed E-state index contributed by atoms with van der Waals surface area (Å²) in [5.74, 6) is -0.539. The van der Waals surface area contributed by atoms with Gasteiger partial charge in [-0.2, -0.15) is 0 Å². The summed E-state index contributed by atoms with van der Waals surface area (Å²) in [6.45, 7) is 0. The van der Waals surface area contributed by atoms with Crippen molar-refractivity contribution in [1.29, 1.82) is 0 Å². The number of amides is 2. The van der Waals surface area contributed by atoms with E-state index in [0.717, 1.165) is 11.8 Å². The molecule has 4 N–H and O–H groups in total. The molecular formula is C12H12ClN5O3S2. The monoisotopic (exact) mass is 373 g/mol. The number of carbonyl (C=O) groups is 2. The van der Waals surface area contributed by atoms with Crippen molar-refractivity contribution in [2.24, 2.45) is 0 Å². The highest BCUT2D eigenvalue weighted by Gasteiger charge is 2.14. The second-order valence-electron chi connectivity index (χ2n) is 4.04. The highest BCUT2D eigenvalue weighted by atomic mass is 35.5. The predicted octanol–water partition coefficient (Wildman–Crippen LogP) is 1.34. The number of rotatable bonds is 5. The van der Waals surface area contributed by atoms with E-state index < -0.39 is 11.8 Å². The van der Waals surface area contributed by atoms with Crippen LogP contribution >= 0.6 is 34.7 Å². The van der Waals surface area contributed by atoms with Crippen LogP contribution in [0.1, 0.15) is 10.4 Å². The molecule has 11 heteroatoms. The number of aromatic nitrogens is 2. The van der Waals surface area contributed by atoms with Gasteiger partial charge in [0.25, 0.3) is 5.91 Å². The molecule has 1 aromatic heterocycles. The molecule has 8 nitrogen and oxygen atoms in total. The highest BCUT2D eigenvalue weighted by molar-refractivity contribution is 8.01. The number of nitrogens with two attached hydrogens (primary N) is 1. The van der Waals surface area contributed by atoms with Gasteiger partial charge in [0.1, 0.15) is 5.75 Å². The zero-order valence-electron chi connectivity index (χ0n) is 11.8. The number of nitrogens with zero attached hydrogens (tertiary/aromatic N) is 2. The molecule has 0 fully saturated rings. The van der Waals surface area contributed by atoms with E-state index in [2.05, 4.69) is 21.0 Å². The molecule has 0 aliphatic carbocycles. The van der Waals surface area contributed by atoms with Crippen LogP contribution in [-0.2, 0) is 4.79 Å². The number of carbonyl (C=O) groups excluding carboxylic acids is 2. The number of anilines is 1. The van der Waals surface area contributed by atoms with E-state index in [4.69, 9.17) is 22.1 Å². The Morgan fingerprint density at radius 3 is 2.83 bits per heavy atom. The number of hydrazine groups is 1. The first-order valence-electron chi connectivity index (χ1n) is 6.14. The van der Waals surface area contributed by atoms with E-state index in [1.807, 2.05) is 0 Å². The van der Waals surface area contributed by atoms with E-state index >= 15 is 0 Å². The zero-order chi connectivity index (χ0) is 16.8. The lowest BCUT2D eigenvalue weighted by Gasteiger charge is -2.10. The van der Waals surface area contributed by atoms with Crippen LogP contribution in [0.25, 0.3) is 0 Å². The number of nitrogens with one attached hydrogen (secondary N) is 2. The van der Waals surface area contributed by atoms with Crippen molar-refractivity contribution in [3.05, 3.63) is 28.8 Å². The van der Waals surface area contributed by atoms with Gasteiger partial charge in [0.05, 0.1) is 18.4 Å². The molecule has 1 heterocycles. The molecule has 0 aliphatic rings. The normalized spacial score (nSPS) is 10.2. The SMILES string of the molecule is COc1ccc(Cl)cc1C(=O)NNC(=O)CSc1nnc(N)s1. The molecule has 0 aliphatic heterocycles. The van der Waals surface area contributed by atoms with E-state index in [9.17, 15) is 9.59 Å². The molecule has 0 saturated carbocycles. The number of halogens is 1. The number of nitrogen functional groups attached to an aromatic ring is 1. The highest BCUT2D eigenvalue weighted by Crippen LogP contribution is 2.23. The van der Waals surface area contributed by atoms with Gasteiger partial charge in [-0.15, -0.1) is 10.2 Å². The summed E-state index contributed by atoms with van der Waals surface area (Å²) in [4.78, 5) is 23.8. The number of hydrogen-bond acceptors (Lipinski definition) is 8. The maximum atomic E-state index is 12.1. The average molecular weight is 374 g/mol. The predicted molar refractivity (Wildman–Crippen MR) is 88.7 cm³/mol. The minimum Gasteiger partial charge on any atom is -0.496 e. The third-order valence-electron chi connectivity index (χ3n) is 2.47. The van der Waals surface area contributed by atoms with Crippen molar-refractivity contribution in [1.82, 2.24) is 21.0 Å². The molecular weight excluding hydrogens is 362 g/mol. The fourth-order valence-electron chi connectivity index (χ4n) is 1.49. The number of benzene rings is 1. The smallest absolute Gasteiger partial charge is 0.273 e. The molecule has 2 aromatic rings. The topological polar surface area (TPSA) is 119 Å². The van der Waals surface area contributed by atoms with Gasteiger partial charge in [-0.05, 0) is 18.2 Å². The Kier molecular flexibility index (Phi) is 6.02. The lowest BCUT2D eigenvalue weighted by atomic mass is 10.2. The van der Waals surface area contributed by atoms with Crippen molar-refractivity contribution >= 4 is 51.6 Å². The Hall–Kier alpha value is -2.04. The van der Waals surface area contributed by atoms with Gasteiger partial charge < -0.3 is 10.5 Å². The summed E-state index contributed by atoms with van der Waals surface area (Å²) in [6.07, 6.45) is 0. The molecule has 122 valence electrons. The van der Waals surface area contributed by atoms with Crippen LogP contribution in [0.15, 0.2) is 22.5 Å². The lowest BCUT2D eigenvalue weighted by Crippen LogP contribution is -2.42. The molecule has 0 spiro atoms. The van der Waals surface area contributed by atoms with Crippen molar-refractivity contribution in [3.63, 3.8) is 0 Å². The first-order chi connectivity index (χ1) is 11.0. The lowest BCUT2D eigenvalue weighted by molar-refractivity contribution is -0.119. The first kappa shape index (κ1) is 17.3. The van der Waals surface area contributed by atoms with Crippen LogP contribution in [0.5, 0.6) is 5.75 Å². The van der Waals surface area contributed by atoms with E-state index in [1.165, 1.54) is 24.5 Å². The van der Waals surface area contributed by atoms with Crippen LogP contribution in [0.3, 0.4) is 0 Å². The second kappa shape index (κ2) is 7.99. The third-order valence-corrected chi connectivity index (χ3v) is 4.59. The number of thioether (sulfide) groups is 1. The van der Waals surface area contributed by atoms with Gasteiger partial charge in [0.15, 0.2) is 4.34 Å². The van der Waals surface area contributed by atoms with Gasteiger partial charge in [-0.25, -0.2) is 0 Å². The maximum absolute atomic E-state index is 12.1. The fourth-order valence-corrected chi connectivity index (χ4v) is 3.10. The quantitative estimate of drug-likeness (QED) is 0.534. The average Bonchev–Trinajstić information content (AvgIpc) is 2.96. The van der Waals surface area contributed by atoms with E-state index in [0.29, 0.717) is 20.2 Å². The van der Waals surface area contributed by atoms with Crippen molar-refractivity contribution in [2.75, 3.05) is 18.6 Å². The summed E-state index contributed by atoms with van der Waals surface area (Å²) in [6, 6.07) is 4.61. The van der Waals surface area contributed by atoms with Gasteiger partial charge in [0, 0.05) is 5.02 Å². The van der Waals surface area contributed by atoms with Gasteiger partial charge in [-0.1, -0.05) is 34.7 Å². The zero-order valence-corrected chi connectivity index (χ0v) is 14.2. The molecule has 23 heavy (non-hydrogen) atoms. The Morgan fingerprint density at radius 1 is 1.39 bits per heavy atom. The molecule has 0 atom stereocenters. The van der Waals surface area contributed by atoms with E-state index in [1.54, 1.807) is 12.1 Å². The van der Waals surface area contributed by atoms with Crippen LogP contribution in [0.2, 0.25) is 5.02 Å². The van der Waals surface area contributed by atoms with Crippen molar-refractivity contribution < 1.29 is 14.3 Å². The Balaban J connectivity index is 1.86. The van der Waals surface area contributed by atoms with Crippen LogP contribution < -0.4 is 21.3 Å². The Bertz CT molecular complexity index is 724. The molecule has 0 unspecified atom stereocenters. The third kappa shape index (κ3) is 4.98. The molecule has 2 rings (SSSR count). The minimum atomic E-state index is -0.539. The summed E-state index contributed by atoms with van der Waals surface area (Å²) in [5, 5.41) is 8.11. The van der Waals surface area contributed by atoms with Crippen LogP contribution in [-0.4, -0.2) is 34.9 Å². The standard InChI is InChI=1S/C12H12ClN5O3S2/c1-21-8-3-2-6(13)4-7(8)10(20)16-15-9(19)5-22-12-18-17-11(14)23-12/h2-4H,5H2,1H3,(H2,14,17)(H,15,19)(H,16,20). The first-order valence-corrected chi connectivity index (χ1v) is 8.32. The maximum Gasteiger partial charge on any atom is 0.273 e. The van der Waals surface area contributed by atoms with Crippen molar-refractivity contribution in [3.8, 4) is 5.75 Å². The Morgan fingerprint density at radius 2 is 2.17 bits per heavy atom. The van der Waals surface area contributed by atoms with Crippen LogP contribution in [0, 0.1) is 0 Å². The molecule has 1 aromatic carbocycles. The minimum absolute atomic E-state index is 0.0571.